The minimum atomic E-state index is 0.500. The van der Waals surface area contributed by atoms with Crippen LogP contribution in [0.25, 0.3) is 0 Å². The van der Waals surface area contributed by atoms with Crippen molar-refractivity contribution in [3.63, 3.8) is 0 Å². The first kappa shape index (κ1) is 5.42. The Morgan fingerprint density at radius 3 is 2.25 bits per heavy atom. The quantitative estimate of drug-likeness (QED) is 0.506. The summed E-state index contributed by atoms with van der Waals surface area (Å²) in [5.41, 5.74) is 2.49. The van der Waals surface area contributed by atoms with Gasteiger partial charge in [-0.05, 0) is 25.5 Å². The van der Waals surface area contributed by atoms with E-state index in [2.05, 4.69) is 0 Å². The van der Waals surface area contributed by atoms with E-state index in [0.717, 1.165) is 6.42 Å². The molecular formula is C7H10O. The maximum Gasteiger partial charge on any atom is 0.0965 e. The van der Waals surface area contributed by atoms with Crippen LogP contribution in [-0.4, -0.2) is 5.11 Å². The van der Waals surface area contributed by atoms with Crippen LogP contribution in [0.15, 0.2) is 23.0 Å². The molecule has 0 saturated heterocycles. The van der Waals surface area contributed by atoms with Gasteiger partial charge in [0.25, 0.3) is 0 Å². The first-order valence-electron chi connectivity index (χ1n) is 2.76. The summed E-state index contributed by atoms with van der Waals surface area (Å²) in [6, 6.07) is 0. The predicted octanol–water partition coefficient (Wildman–Crippen LogP) is 2.17. The molecule has 0 aliphatic heterocycles. The highest BCUT2D eigenvalue weighted by atomic mass is 16.3. The van der Waals surface area contributed by atoms with Gasteiger partial charge in [0, 0.05) is 6.42 Å². The van der Waals surface area contributed by atoms with Crippen molar-refractivity contribution >= 4 is 0 Å². The van der Waals surface area contributed by atoms with E-state index < -0.39 is 0 Å². The molecule has 0 amide bonds. The summed E-state index contributed by atoms with van der Waals surface area (Å²) in [4.78, 5) is 0. The van der Waals surface area contributed by atoms with Crippen LogP contribution in [0.2, 0.25) is 0 Å². The van der Waals surface area contributed by atoms with Gasteiger partial charge in [0.2, 0.25) is 0 Å². The van der Waals surface area contributed by atoms with Gasteiger partial charge < -0.3 is 5.11 Å². The van der Waals surface area contributed by atoms with Gasteiger partial charge in [-0.25, -0.2) is 0 Å². The van der Waals surface area contributed by atoms with E-state index in [4.69, 9.17) is 5.11 Å². The second-order valence-corrected chi connectivity index (χ2v) is 2.28. The second kappa shape index (κ2) is 1.66. The van der Waals surface area contributed by atoms with Crippen molar-refractivity contribution in [3.8, 4) is 0 Å². The zero-order valence-electron chi connectivity index (χ0n) is 5.23. The summed E-state index contributed by atoms with van der Waals surface area (Å²) < 4.78 is 0. The summed E-state index contributed by atoms with van der Waals surface area (Å²) in [6.07, 6.45) is 2.57. The molecule has 0 radical (unpaired) electrons. The van der Waals surface area contributed by atoms with E-state index in [-0.39, 0.29) is 0 Å². The Kier molecular flexibility index (Phi) is 1.12. The van der Waals surface area contributed by atoms with E-state index in [0.29, 0.717) is 5.76 Å². The maximum atomic E-state index is 8.89. The lowest BCUT2D eigenvalue weighted by Gasteiger charge is -1.89. The zero-order chi connectivity index (χ0) is 6.15. The molecule has 0 fully saturated rings. The molecule has 0 aromatic carbocycles. The zero-order valence-corrected chi connectivity index (χ0v) is 5.23. The first-order chi connectivity index (χ1) is 3.70. The van der Waals surface area contributed by atoms with Gasteiger partial charge in [0.15, 0.2) is 0 Å². The fraction of sp³-hybridized carbons (Fsp3) is 0.429. The van der Waals surface area contributed by atoms with E-state index >= 15 is 0 Å². The molecule has 1 rings (SSSR count). The molecular weight excluding hydrogens is 100 g/mol. The third-order valence-electron chi connectivity index (χ3n) is 1.50. The van der Waals surface area contributed by atoms with Gasteiger partial charge in [-0.3, -0.25) is 0 Å². The molecule has 1 N–H and O–H groups in total. The molecule has 0 bridgehead atoms. The molecule has 8 heavy (non-hydrogen) atoms. The number of aliphatic hydroxyl groups excluding tert-OH is 1. The Hall–Kier alpha value is -0.720. The van der Waals surface area contributed by atoms with Crippen molar-refractivity contribution in [2.24, 2.45) is 0 Å². The number of aliphatic hydroxyl groups is 1. The van der Waals surface area contributed by atoms with E-state index in [1.54, 1.807) is 0 Å². The summed E-state index contributed by atoms with van der Waals surface area (Å²) in [6.45, 7) is 4.05. The average molecular weight is 110 g/mol. The van der Waals surface area contributed by atoms with Crippen LogP contribution in [0, 0.1) is 0 Å². The fourth-order valence-corrected chi connectivity index (χ4v) is 0.835. The van der Waals surface area contributed by atoms with Crippen LogP contribution < -0.4 is 0 Å². The van der Waals surface area contributed by atoms with Crippen molar-refractivity contribution in [1.82, 2.24) is 0 Å². The molecule has 44 valence electrons. The Morgan fingerprint density at radius 1 is 1.50 bits per heavy atom. The van der Waals surface area contributed by atoms with Crippen LogP contribution in [-0.2, 0) is 0 Å². The Balaban J connectivity index is 2.79. The largest absolute Gasteiger partial charge is 0.512 e. The lowest BCUT2D eigenvalue weighted by Crippen LogP contribution is -1.73. The van der Waals surface area contributed by atoms with E-state index in [1.807, 2.05) is 19.9 Å². The van der Waals surface area contributed by atoms with E-state index in [9.17, 15) is 0 Å². The van der Waals surface area contributed by atoms with Gasteiger partial charge >= 0.3 is 0 Å². The van der Waals surface area contributed by atoms with Gasteiger partial charge in [0.05, 0.1) is 5.76 Å². The number of allylic oxidation sites excluding steroid dienone is 3. The second-order valence-electron chi connectivity index (χ2n) is 2.28. The Labute approximate surface area is 49.3 Å². The van der Waals surface area contributed by atoms with Gasteiger partial charge in [-0.2, -0.15) is 0 Å². The molecule has 1 aliphatic rings. The Bertz CT molecular complexity index is 163. The molecule has 0 aromatic rings. The maximum absolute atomic E-state index is 8.89. The minimum Gasteiger partial charge on any atom is -0.512 e. The van der Waals surface area contributed by atoms with Crippen molar-refractivity contribution in [3.05, 3.63) is 23.0 Å². The van der Waals surface area contributed by atoms with Crippen LogP contribution in [0.4, 0.5) is 0 Å². The van der Waals surface area contributed by atoms with Gasteiger partial charge in [0.1, 0.15) is 0 Å². The smallest absolute Gasteiger partial charge is 0.0965 e. The molecule has 1 nitrogen and oxygen atoms in total. The highest BCUT2D eigenvalue weighted by Gasteiger charge is 2.05. The normalized spacial score (nSPS) is 19.5. The fourth-order valence-electron chi connectivity index (χ4n) is 0.835. The van der Waals surface area contributed by atoms with Crippen molar-refractivity contribution in [2.75, 3.05) is 0 Å². The number of hydrogen-bond acceptors (Lipinski definition) is 1. The molecule has 0 unspecified atom stereocenters. The van der Waals surface area contributed by atoms with Crippen molar-refractivity contribution in [1.29, 1.82) is 0 Å². The lowest BCUT2D eigenvalue weighted by atomic mass is 10.2. The monoisotopic (exact) mass is 110 g/mol. The standard InChI is InChI=1S/C7H10O/c1-5-3-7(8)4-6(5)2/h3,8H,4H2,1-2H3. The molecule has 0 atom stereocenters. The molecule has 0 spiro atoms. The van der Waals surface area contributed by atoms with Crippen LogP contribution in [0.3, 0.4) is 0 Å². The molecule has 0 heterocycles. The highest BCUT2D eigenvalue weighted by molar-refractivity contribution is 5.33. The summed E-state index contributed by atoms with van der Waals surface area (Å²) in [5.74, 6) is 0.500. The van der Waals surface area contributed by atoms with Gasteiger partial charge in [-0.1, -0.05) is 5.57 Å². The molecule has 0 aromatic heterocycles. The molecule has 1 aliphatic carbocycles. The van der Waals surface area contributed by atoms with Crippen LogP contribution in [0.5, 0.6) is 0 Å². The summed E-state index contributed by atoms with van der Waals surface area (Å²) in [5, 5.41) is 8.89. The third kappa shape index (κ3) is 0.760. The summed E-state index contributed by atoms with van der Waals surface area (Å²) >= 11 is 0. The lowest BCUT2D eigenvalue weighted by molar-refractivity contribution is 0.402. The van der Waals surface area contributed by atoms with Crippen molar-refractivity contribution < 1.29 is 5.11 Å². The first-order valence-corrected chi connectivity index (χ1v) is 2.76. The van der Waals surface area contributed by atoms with Gasteiger partial charge in [-0.15, -0.1) is 0 Å². The van der Waals surface area contributed by atoms with Crippen LogP contribution in [0.1, 0.15) is 20.3 Å². The average Bonchev–Trinajstić information content (AvgIpc) is 1.85. The predicted molar refractivity (Wildman–Crippen MR) is 33.7 cm³/mol. The Morgan fingerprint density at radius 2 is 2.12 bits per heavy atom. The minimum absolute atomic E-state index is 0.500. The summed E-state index contributed by atoms with van der Waals surface area (Å²) in [7, 11) is 0. The molecule has 1 heteroatoms. The van der Waals surface area contributed by atoms with E-state index in [1.165, 1.54) is 11.1 Å². The third-order valence-corrected chi connectivity index (χ3v) is 1.50. The SMILES string of the molecule is CC1=C(C)CC(O)=C1. The number of hydrogen-bond donors (Lipinski definition) is 1. The number of rotatable bonds is 0. The topological polar surface area (TPSA) is 20.2 Å². The highest BCUT2D eigenvalue weighted by Crippen LogP contribution is 2.21. The molecule has 0 saturated carbocycles. The van der Waals surface area contributed by atoms with Crippen LogP contribution >= 0.6 is 0 Å². The van der Waals surface area contributed by atoms with Crippen molar-refractivity contribution in [2.45, 2.75) is 20.3 Å².